The number of hydrogen-bond acceptors (Lipinski definition) is 7. The van der Waals surface area contributed by atoms with Gasteiger partial charge in [-0.2, -0.15) is 5.26 Å². The average Bonchev–Trinajstić information content (AvgIpc) is 2.77. The van der Waals surface area contributed by atoms with Crippen LogP contribution in [0.2, 0.25) is 0 Å². The normalized spacial score (nSPS) is 15.6. The fourth-order valence-corrected chi connectivity index (χ4v) is 4.09. The zero-order valence-corrected chi connectivity index (χ0v) is 19.9. The van der Waals surface area contributed by atoms with Gasteiger partial charge in [0.05, 0.1) is 29.7 Å². The first kappa shape index (κ1) is 24.1. The van der Waals surface area contributed by atoms with Gasteiger partial charge in [0.2, 0.25) is 5.88 Å². The third-order valence-electron chi connectivity index (χ3n) is 4.96. The molecule has 3 rings (SSSR count). The SMILES string of the molecule is CCOC(=O)C1=C(C)OC(N)=C(C#N)C1c1cc(Br)c(OCc2cccc(F)c2)c(OC)c1. The highest BCUT2D eigenvalue weighted by Crippen LogP contribution is 2.45. The van der Waals surface area contributed by atoms with E-state index in [2.05, 4.69) is 15.9 Å². The first-order valence-electron chi connectivity index (χ1n) is 10.0. The second-order valence-corrected chi connectivity index (χ2v) is 7.92. The minimum Gasteiger partial charge on any atom is -0.493 e. The maximum atomic E-state index is 13.5. The average molecular weight is 517 g/mol. The highest BCUT2D eigenvalue weighted by molar-refractivity contribution is 9.10. The van der Waals surface area contributed by atoms with E-state index in [1.807, 2.05) is 6.07 Å². The number of carbonyl (C=O) groups excluding carboxylic acids is 1. The number of esters is 1. The van der Waals surface area contributed by atoms with Crippen LogP contribution in [0.25, 0.3) is 0 Å². The number of nitrogens with zero attached hydrogens (tertiary/aromatic N) is 1. The van der Waals surface area contributed by atoms with Crippen molar-refractivity contribution < 1.29 is 28.1 Å². The lowest BCUT2D eigenvalue weighted by molar-refractivity contribution is -0.139. The van der Waals surface area contributed by atoms with Crippen LogP contribution in [0.3, 0.4) is 0 Å². The van der Waals surface area contributed by atoms with E-state index in [0.717, 1.165) is 0 Å². The van der Waals surface area contributed by atoms with Crippen LogP contribution in [-0.2, 0) is 20.9 Å². The van der Waals surface area contributed by atoms with Crippen LogP contribution >= 0.6 is 15.9 Å². The van der Waals surface area contributed by atoms with E-state index < -0.39 is 11.9 Å². The number of allylic oxidation sites excluding steroid dienone is 2. The molecule has 1 aliphatic rings. The van der Waals surface area contributed by atoms with E-state index in [1.165, 1.54) is 19.2 Å². The third-order valence-corrected chi connectivity index (χ3v) is 5.55. The molecule has 2 aromatic carbocycles. The largest absolute Gasteiger partial charge is 0.493 e. The fourth-order valence-electron chi connectivity index (χ4n) is 3.52. The van der Waals surface area contributed by atoms with E-state index >= 15 is 0 Å². The third kappa shape index (κ3) is 5.12. The quantitative estimate of drug-likeness (QED) is 0.526. The summed E-state index contributed by atoms with van der Waals surface area (Å²) in [6.07, 6.45) is 0. The molecule has 7 nitrogen and oxygen atoms in total. The molecule has 1 heterocycles. The van der Waals surface area contributed by atoms with Crippen molar-refractivity contribution in [3.05, 3.63) is 80.6 Å². The molecule has 0 aliphatic carbocycles. The van der Waals surface area contributed by atoms with Crippen molar-refractivity contribution in [3.8, 4) is 17.6 Å². The summed E-state index contributed by atoms with van der Waals surface area (Å²) in [5, 5.41) is 9.75. The van der Waals surface area contributed by atoms with Crippen molar-refractivity contribution >= 4 is 21.9 Å². The van der Waals surface area contributed by atoms with E-state index in [9.17, 15) is 14.4 Å². The Morgan fingerprint density at radius 2 is 2.09 bits per heavy atom. The van der Waals surface area contributed by atoms with E-state index in [4.69, 9.17) is 24.7 Å². The summed E-state index contributed by atoms with van der Waals surface area (Å²) in [6, 6.07) is 11.5. The molecule has 0 radical (unpaired) electrons. The molecule has 1 atom stereocenters. The molecule has 1 aliphatic heterocycles. The highest BCUT2D eigenvalue weighted by atomic mass is 79.9. The molecule has 172 valence electrons. The Hall–Kier alpha value is -3.51. The van der Waals surface area contributed by atoms with Gasteiger partial charge in [-0.25, -0.2) is 9.18 Å². The summed E-state index contributed by atoms with van der Waals surface area (Å²) in [6.45, 7) is 3.53. The molecule has 0 saturated carbocycles. The fraction of sp³-hybridized carbons (Fsp3) is 0.250. The van der Waals surface area contributed by atoms with Crippen molar-refractivity contribution in [1.29, 1.82) is 5.26 Å². The van der Waals surface area contributed by atoms with Crippen molar-refractivity contribution in [2.45, 2.75) is 26.4 Å². The summed E-state index contributed by atoms with van der Waals surface area (Å²) < 4.78 is 36.0. The van der Waals surface area contributed by atoms with Crippen LogP contribution < -0.4 is 15.2 Å². The van der Waals surface area contributed by atoms with Gasteiger partial charge in [0, 0.05) is 0 Å². The summed E-state index contributed by atoms with van der Waals surface area (Å²) in [7, 11) is 1.47. The molecule has 0 fully saturated rings. The second kappa shape index (κ2) is 10.4. The van der Waals surface area contributed by atoms with Gasteiger partial charge in [-0.05, 0) is 65.2 Å². The van der Waals surface area contributed by atoms with Crippen molar-refractivity contribution in [2.75, 3.05) is 13.7 Å². The summed E-state index contributed by atoms with van der Waals surface area (Å²) in [5.41, 5.74) is 7.39. The number of carbonyl (C=O) groups is 1. The minimum absolute atomic E-state index is 0.0750. The molecule has 2 aromatic rings. The van der Waals surface area contributed by atoms with Gasteiger partial charge in [0.25, 0.3) is 0 Å². The number of rotatable bonds is 7. The predicted octanol–water partition coefficient (Wildman–Crippen LogP) is 4.82. The number of hydrogen-bond donors (Lipinski definition) is 1. The van der Waals surface area contributed by atoms with Gasteiger partial charge in [-0.3, -0.25) is 0 Å². The summed E-state index contributed by atoms with van der Waals surface area (Å²) in [4.78, 5) is 12.7. The summed E-state index contributed by atoms with van der Waals surface area (Å²) >= 11 is 3.48. The van der Waals surface area contributed by atoms with E-state index in [0.29, 0.717) is 27.1 Å². The van der Waals surface area contributed by atoms with Crippen LogP contribution in [0.1, 0.15) is 30.9 Å². The molecule has 0 bridgehead atoms. The van der Waals surface area contributed by atoms with Crippen molar-refractivity contribution in [2.24, 2.45) is 5.73 Å². The Balaban J connectivity index is 2.05. The minimum atomic E-state index is -0.828. The number of halogens is 2. The highest BCUT2D eigenvalue weighted by Gasteiger charge is 2.37. The van der Waals surface area contributed by atoms with Gasteiger partial charge in [0.15, 0.2) is 11.5 Å². The lowest BCUT2D eigenvalue weighted by atomic mass is 9.83. The molecule has 0 aromatic heterocycles. The van der Waals surface area contributed by atoms with E-state index in [1.54, 1.807) is 38.1 Å². The molecule has 0 amide bonds. The lowest BCUT2D eigenvalue weighted by Crippen LogP contribution is -2.25. The molecule has 33 heavy (non-hydrogen) atoms. The summed E-state index contributed by atoms with van der Waals surface area (Å²) in [5.74, 6) is -0.914. The number of methoxy groups -OCH3 is 1. The molecule has 1 unspecified atom stereocenters. The lowest BCUT2D eigenvalue weighted by Gasteiger charge is -2.27. The Labute approximate surface area is 199 Å². The number of benzene rings is 2. The Kier molecular flexibility index (Phi) is 7.61. The zero-order valence-electron chi connectivity index (χ0n) is 18.3. The van der Waals surface area contributed by atoms with Crippen molar-refractivity contribution in [3.63, 3.8) is 0 Å². The van der Waals surface area contributed by atoms with Gasteiger partial charge in [-0.15, -0.1) is 0 Å². The van der Waals surface area contributed by atoms with E-state index in [-0.39, 0.29) is 41.8 Å². The molecule has 0 spiro atoms. The maximum absolute atomic E-state index is 13.5. The Morgan fingerprint density at radius 1 is 1.33 bits per heavy atom. The van der Waals surface area contributed by atoms with Crippen LogP contribution in [-0.4, -0.2) is 19.7 Å². The van der Waals surface area contributed by atoms with Crippen LogP contribution in [0, 0.1) is 17.1 Å². The molecule has 0 saturated heterocycles. The molecular weight excluding hydrogens is 495 g/mol. The number of nitriles is 1. The van der Waals surface area contributed by atoms with Gasteiger partial charge in [0.1, 0.15) is 29.8 Å². The second-order valence-electron chi connectivity index (χ2n) is 7.07. The maximum Gasteiger partial charge on any atom is 0.338 e. The predicted molar refractivity (Wildman–Crippen MR) is 121 cm³/mol. The van der Waals surface area contributed by atoms with Crippen LogP contribution in [0.5, 0.6) is 11.5 Å². The van der Waals surface area contributed by atoms with Crippen LogP contribution in [0.4, 0.5) is 4.39 Å². The number of ether oxygens (including phenoxy) is 4. The van der Waals surface area contributed by atoms with Gasteiger partial charge < -0.3 is 24.7 Å². The smallest absolute Gasteiger partial charge is 0.338 e. The van der Waals surface area contributed by atoms with Crippen LogP contribution in [0.15, 0.2) is 63.7 Å². The molecule has 2 N–H and O–H groups in total. The molecule has 9 heteroatoms. The Morgan fingerprint density at radius 3 is 2.73 bits per heavy atom. The zero-order chi connectivity index (χ0) is 24.1. The Bertz CT molecular complexity index is 1190. The monoisotopic (exact) mass is 516 g/mol. The topological polar surface area (TPSA) is 104 Å². The standard InChI is InChI=1S/C24H22BrFN2O5/c1-4-31-24(29)20-13(2)33-23(28)17(11-27)21(20)15-9-18(25)22(19(10-15)30-3)32-12-14-6-5-7-16(26)8-14/h5-10,21H,4,12,28H2,1-3H3. The van der Waals surface area contributed by atoms with Gasteiger partial charge in [-0.1, -0.05) is 12.1 Å². The van der Waals surface area contributed by atoms with Gasteiger partial charge >= 0.3 is 5.97 Å². The number of nitrogens with two attached hydrogens (primary N) is 1. The molecular formula is C24H22BrFN2O5. The first-order chi connectivity index (χ1) is 15.8. The first-order valence-corrected chi connectivity index (χ1v) is 10.8. The van der Waals surface area contributed by atoms with Crippen molar-refractivity contribution in [1.82, 2.24) is 0 Å².